The quantitative estimate of drug-likeness (QED) is 0.315. The van der Waals surface area contributed by atoms with E-state index in [9.17, 15) is 28.7 Å². The van der Waals surface area contributed by atoms with Crippen molar-refractivity contribution in [2.24, 2.45) is 0 Å². The Labute approximate surface area is 116 Å². The van der Waals surface area contributed by atoms with E-state index in [1.165, 1.54) is 0 Å². The van der Waals surface area contributed by atoms with Gasteiger partial charge in [0.1, 0.15) is 0 Å². The molecule has 11 heavy (non-hydrogen) atoms. The van der Waals surface area contributed by atoms with Crippen molar-refractivity contribution in [1.29, 1.82) is 0 Å². The Bertz CT molecular complexity index is 157. The summed E-state index contributed by atoms with van der Waals surface area (Å²) < 4.78 is 21.2. The van der Waals surface area contributed by atoms with E-state index in [0.29, 0.717) is 0 Å². The number of hydrogen-bond donors (Lipinski definition) is 0. The van der Waals surface area contributed by atoms with Gasteiger partial charge >= 0.3 is 69.5 Å². The van der Waals surface area contributed by atoms with Crippen LogP contribution < -0.4 is 49.1 Å². The number of hydrogen-bond acceptors (Lipinski definition) is 7. The van der Waals surface area contributed by atoms with Gasteiger partial charge in [-0.1, -0.05) is 0 Å². The molecule has 0 atom stereocenters. The van der Waals surface area contributed by atoms with Crippen LogP contribution >= 0.6 is 15.6 Å². The average Bonchev–Trinajstić information content (AvgIpc) is 1.14. The summed E-state index contributed by atoms with van der Waals surface area (Å²) in [6.45, 7) is 0. The van der Waals surface area contributed by atoms with E-state index in [1.807, 2.05) is 0 Å². The van der Waals surface area contributed by atoms with Crippen molar-refractivity contribution in [3.63, 3.8) is 0 Å². The van der Waals surface area contributed by atoms with Crippen molar-refractivity contribution in [3.8, 4) is 0 Å². The van der Waals surface area contributed by atoms with E-state index in [1.54, 1.807) is 0 Å². The molecule has 0 rings (SSSR count). The average molecular weight is 429 g/mol. The molecule has 0 aliphatic rings. The summed E-state index contributed by atoms with van der Waals surface area (Å²) in [6, 6.07) is 0. The summed E-state index contributed by atoms with van der Waals surface area (Å²) in [7, 11) is -11.4. The molecule has 0 saturated heterocycles. The minimum Gasteiger partial charge on any atom is -0.790 e. The van der Waals surface area contributed by atoms with Crippen molar-refractivity contribution in [1.82, 2.24) is 0 Å². The van der Waals surface area contributed by atoms with Crippen molar-refractivity contribution >= 4 is 15.6 Å². The van der Waals surface area contributed by atoms with Crippen LogP contribution in [0.5, 0.6) is 0 Å². The van der Waals surface area contributed by atoms with Gasteiger partial charge in [0.05, 0.1) is 15.6 Å². The van der Waals surface area contributed by atoms with Crippen LogP contribution in [-0.4, -0.2) is 0 Å². The second-order valence-corrected chi connectivity index (χ2v) is 3.42. The van der Waals surface area contributed by atoms with Gasteiger partial charge in [-0.05, 0) is 0 Å². The van der Waals surface area contributed by atoms with E-state index in [-0.39, 0.29) is 69.5 Å². The normalized spacial score (nSPS) is 11.3. The Balaban J connectivity index is -0.000000320. The molecule has 0 saturated carbocycles. The summed E-state index contributed by atoms with van der Waals surface area (Å²) in [6.07, 6.45) is 0. The second-order valence-electron chi connectivity index (χ2n) is 0.976. The Hall–Kier alpha value is 2.58. The Kier molecular flexibility index (Phi) is 12.1. The van der Waals surface area contributed by atoms with E-state index in [2.05, 4.69) is 4.31 Å². The van der Waals surface area contributed by atoms with E-state index in [0.717, 1.165) is 0 Å². The molecule has 0 aromatic heterocycles. The Morgan fingerprint density at radius 2 is 1.09 bits per heavy atom. The Morgan fingerprint density at radius 3 is 1.09 bits per heavy atom. The molecule has 7 nitrogen and oxygen atoms in total. The maximum Gasteiger partial charge on any atom is 4.00 e. The first-order valence-corrected chi connectivity index (χ1v) is 4.38. The maximum absolute atomic E-state index is 9.32. The van der Waals surface area contributed by atoms with Crippen LogP contribution in [0.4, 0.5) is 0 Å². The first kappa shape index (κ1) is 19.2. The van der Waals surface area contributed by atoms with Gasteiger partial charge < -0.3 is 33.0 Å². The molecule has 11 heteroatoms. The smallest absolute Gasteiger partial charge is 0.790 e. The molecule has 0 N–H and O–H groups in total. The number of rotatable bonds is 2. The largest absolute Gasteiger partial charge is 4.00 e. The zero-order valence-electron chi connectivity index (χ0n) is 5.25. The molecule has 0 radical (unpaired) electrons. The van der Waals surface area contributed by atoms with Gasteiger partial charge in [0, 0.05) is 0 Å². The van der Waals surface area contributed by atoms with Gasteiger partial charge in [-0.25, -0.2) is 0 Å². The van der Waals surface area contributed by atoms with Crippen LogP contribution in [0, 0.1) is 39.9 Å². The molecule has 0 amide bonds. The number of phosphoric acid groups is 2. The monoisotopic (exact) mass is 429 g/mol. The van der Waals surface area contributed by atoms with Crippen LogP contribution in [0.15, 0.2) is 0 Å². The van der Waals surface area contributed by atoms with Crippen molar-refractivity contribution in [3.05, 3.63) is 0 Å². The standard InChI is InChI=1S/Na.H4O7P2.Th/c;1-8(2,3)7-9(4,5)6;/h;(H2,1,2,3)(H2,4,5,6);/q+1;;+4/p-4. The van der Waals surface area contributed by atoms with Crippen LogP contribution in [0.25, 0.3) is 0 Å². The minimum atomic E-state index is -5.68. The summed E-state index contributed by atoms with van der Waals surface area (Å²) in [5.41, 5.74) is 0. The Morgan fingerprint density at radius 1 is 0.909 bits per heavy atom. The van der Waals surface area contributed by atoms with Gasteiger partial charge in [0.2, 0.25) is 0 Å². The molecule has 56 valence electrons. The minimum absolute atomic E-state index is 0. The molecule has 0 aromatic rings. The van der Waals surface area contributed by atoms with Gasteiger partial charge in [0.25, 0.3) is 0 Å². The second kappa shape index (κ2) is 6.95. The fourth-order valence-corrected chi connectivity index (χ4v) is 1.10. The van der Waals surface area contributed by atoms with Gasteiger partial charge in [-0.3, -0.25) is 0 Å². The van der Waals surface area contributed by atoms with Crippen molar-refractivity contribution < 1.29 is 103 Å². The first-order valence-electron chi connectivity index (χ1n) is 1.46. The van der Waals surface area contributed by atoms with Crippen molar-refractivity contribution in [2.45, 2.75) is 0 Å². The molecule has 0 aromatic carbocycles. The van der Waals surface area contributed by atoms with E-state index >= 15 is 0 Å². The fourth-order valence-electron chi connectivity index (χ4n) is 0.122. The maximum atomic E-state index is 9.32. The molecule has 0 aliphatic heterocycles. The first-order chi connectivity index (χ1) is 3.71. The zero-order chi connectivity index (χ0) is 7.71. The van der Waals surface area contributed by atoms with Crippen LogP contribution in [0.3, 0.4) is 0 Å². The summed E-state index contributed by atoms with van der Waals surface area (Å²) in [5.74, 6) is 0. The van der Waals surface area contributed by atoms with Gasteiger partial charge in [-0.15, -0.1) is 0 Å². The molecule has 0 heterocycles. The molecule has 0 unspecified atom stereocenters. The van der Waals surface area contributed by atoms with Crippen LogP contribution in [0.2, 0.25) is 0 Å². The zero-order valence-corrected chi connectivity index (χ0v) is 13.2. The van der Waals surface area contributed by atoms with Gasteiger partial charge in [-0.2, -0.15) is 0 Å². The molecule has 0 bridgehead atoms. The SMILES string of the molecule is O=P([O-])([O-])OP(=O)([O-])[O-].[Na+].[Th+4]. The fraction of sp³-hybridized carbons (Fsp3) is 0. The van der Waals surface area contributed by atoms with Gasteiger partial charge in [0.15, 0.2) is 0 Å². The third-order valence-electron chi connectivity index (χ3n) is 0.200. The molecular weight excluding hydrogens is 429 g/mol. The van der Waals surface area contributed by atoms with Crippen molar-refractivity contribution in [2.75, 3.05) is 0 Å². The third-order valence-corrected chi connectivity index (χ3v) is 1.80. The molecule has 0 spiro atoms. The summed E-state index contributed by atoms with van der Waals surface area (Å²) in [4.78, 5) is 37.3. The molecule has 0 aliphatic carbocycles. The summed E-state index contributed by atoms with van der Waals surface area (Å²) >= 11 is 0. The predicted molar refractivity (Wildman–Crippen MR) is 16.3 cm³/mol. The third kappa shape index (κ3) is 19.1. The topological polar surface area (TPSA) is 136 Å². The van der Waals surface area contributed by atoms with Crippen LogP contribution in [0.1, 0.15) is 0 Å². The van der Waals surface area contributed by atoms with Crippen LogP contribution in [-0.2, 0) is 13.4 Å². The molecule has 0 fully saturated rings. The van der Waals surface area contributed by atoms with E-state index < -0.39 is 15.6 Å². The molecular formula is NaO7P2Th+. The summed E-state index contributed by atoms with van der Waals surface area (Å²) in [5, 5.41) is 0. The van der Waals surface area contributed by atoms with E-state index in [4.69, 9.17) is 0 Å². The predicted octanol–water partition coefficient (Wildman–Crippen LogP) is -6.34.